The fourth-order valence-corrected chi connectivity index (χ4v) is 2.59. The third-order valence-corrected chi connectivity index (χ3v) is 3.81. The molecule has 0 bridgehead atoms. The SMILES string of the molecule is CCOCc1nc(NC)cc(N2CCC(C)C2CO)n1. The number of aromatic nitrogens is 2. The van der Waals surface area contributed by atoms with Gasteiger partial charge in [0.2, 0.25) is 0 Å². The summed E-state index contributed by atoms with van der Waals surface area (Å²) < 4.78 is 5.39. The van der Waals surface area contributed by atoms with Crippen molar-refractivity contribution in [3.05, 3.63) is 11.9 Å². The molecule has 1 aliphatic rings. The molecule has 1 fully saturated rings. The van der Waals surface area contributed by atoms with E-state index in [0.29, 0.717) is 25.0 Å². The molecule has 1 aromatic heterocycles. The van der Waals surface area contributed by atoms with Crippen LogP contribution in [0, 0.1) is 5.92 Å². The topological polar surface area (TPSA) is 70.5 Å². The Hall–Kier alpha value is -1.40. The van der Waals surface area contributed by atoms with Gasteiger partial charge >= 0.3 is 0 Å². The number of hydrogen-bond acceptors (Lipinski definition) is 6. The van der Waals surface area contributed by atoms with Crippen LogP contribution in [0.25, 0.3) is 0 Å². The van der Waals surface area contributed by atoms with Gasteiger partial charge in [-0.3, -0.25) is 0 Å². The van der Waals surface area contributed by atoms with Crippen molar-refractivity contribution in [2.75, 3.05) is 37.0 Å². The molecule has 0 amide bonds. The van der Waals surface area contributed by atoms with Crippen LogP contribution in [0.4, 0.5) is 11.6 Å². The summed E-state index contributed by atoms with van der Waals surface area (Å²) in [6.45, 7) is 6.24. The van der Waals surface area contributed by atoms with Gasteiger partial charge in [-0.2, -0.15) is 0 Å². The van der Waals surface area contributed by atoms with Crippen molar-refractivity contribution in [3.63, 3.8) is 0 Å². The van der Waals surface area contributed by atoms with Crippen LogP contribution >= 0.6 is 0 Å². The highest BCUT2D eigenvalue weighted by Gasteiger charge is 2.31. The van der Waals surface area contributed by atoms with Gasteiger partial charge in [-0.1, -0.05) is 6.92 Å². The van der Waals surface area contributed by atoms with Gasteiger partial charge in [0, 0.05) is 26.3 Å². The molecule has 112 valence electrons. The lowest BCUT2D eigenvalue weighted by molar-refractivity contribution is 0.128. The first kappa shape index (κ1) is 15.0. The quantitative estimate of drug-likeness (QED) is 0.817. The molecule has 2 N–H and O–H groups in total. The molecule has 1 aliphatic heterocycles. The van der Waals surface area contributed by atoms with E-state index in [-0.39, 0.29) is 12.6 Å². The number of hydrogen-bond donors (Lipinski definition) is 2. The highest BCUT2D eigenvalue weighted by atomic mass is 16.5. The molecule has 2 atom stereocenters. The van der Waals surface area contributed by atoms with E-state index in [4.69, 9.17) is 4.74 Å². The summed E-state index contributed by atoms with van der Waals surface area (Å²) in [6, 6.07) is 2.06. The second-order valence-corrected chi connectivity index (χ2v) is 5.12. The predicted molar refractivity (Wildman–Crippen MR) is 78.9 cm³/mol. The molecule has 1 saturated heterocycles. The molecule has 0 radical (unpaired) electrons. The van der Waals surface area contributed by atoms with Crippen molar-refractivity contribution in [1.29, 1.82) is 0 Å². The Morgan fingerprint density at radius 1 is 1.50 bits per heavy atom. The monoisotopic (exact) mass is 280 g/mol. The van der Waals surface area contributed by atoms with Crippen molar-refractivity contribution >= 4 is 11.6 Å². The zero-order valence-electron chi connectivity index (χ0n) is 12.5. The van der Waals surface area contributed by atoms with Crippen LogP contribution < -0.4 is 10.2 Å². The van der Waals surface area contributed by atoms with Crippen LogP contribution in [0.15, 0.2) is 6.07 Å². The standard InChI is InChI=1S/C14H24N4O2/c1-4-20-9-13-16-12(15-3)7-14(17-13)18-6-5-10(2)11(18)8-19/h7,10-11,19H,4-6,8-9H2,1-3H3,(H,15,16,17). The summed E-state index contributed by atoms with van der Waals surface area (Å²) in [6.07, 6.45) is 1.07. The molecule has 2 unspecified atom stereocenters. The summed E-state index contributed by atoms with van der Waals surface area (Å²) in [7, 11) is 1.84. The first-order chi connectivity index (χ1) is 9.69. The highest BCUT2D eigenvalue weighted by molar-refractivity contribution is 5.50. The molecule has 20 heavy (non-hydrogen) atoms. The van der Waals surface area contributed by atoms with E-state index < -0.39 is 0 Å². The second-order valence-electron chi connectivity index (χ2n) is 5.12. The fraction of sp³-hybridized carbons (Fsp3) is 0.714. The average Bonchev–Trinajstić information content (AvgIpc) is 2.85. The first-order valence-corrected chi connectivity index (χ1v) is 7.20. The van der Waals surface area contributed by atoms with Crippen LogP contribution in [0.5, 0.6) is 0 Å². The maximum absolute atomic E-state index is 9.58. The molecule has 1 aromatic rings. The lowest BCUT2D eigenvalue weighted by atomic mass is 10.0. The zero-order valence-corrected chi connectivity index (χ0v) is 12.5. The number of anilines is 2. The van der Waals surface area contributed by atoms with Crippen molar-refractivity contribution < 1.29 is 9.84 Å². The minimum atomic E-state index is 0.134. The van der Waals surface area contributed by atoms with Gasteiger partial charge in [-0.15, -0.1) is 0 Å². The normalized spacial score (nSPS) is 22.3. The molecule has 6 heteroatoms. The number of ether oxygens (including phenoxy) is 1. The summed E-state index contributed by atoms with van der Waals surface area (Å²) >= 11 is 0. The van der Waals surface area contributed by atoms with Gasteiger partial charge in [-0.05, 0) is 19.3 Å². The molecule has 6 nitrogen and oxygen atoms in total. The van der Waals surface area contributed by atoms with Gasteiger partial charge in [0.1, 0.15) is 18.2 Å². The Morgan fingerprint density at radius 2 is 2.30 bits per heavy atom. The summed E-state index contributed by atoms with van der Waals surface area (Å²) in [5, 5.41) is 12.6. The van der Waals surface area contributed by atoms with Crippen molar-refractivity contribution in [2.24, 2.45) is 5.92 Å². The van der Waals surface area contributed by atoms with E-state index in [2.05, 4.69) is 27.1 Å². The number of nitrogens with zero attached hydrogens (tertiary/aromatic N) is 3. The van der Waals surface area contributed by atoms with Crippen LogP contribution in [0.3, 0.4) is 0 Å². The smallest absolute Gasteiger partial charge is 0.158 e. The molecule has 0 saturated carbocycles. The minimum absolute atomic E-state index is 0.134. The number of aliphatic hydroxyl groups is 1. The van der Waals surface area contributed by atoms with Gasteiger partial charge < -0.3 is 20.1 Å². The summed E-state index contributed by atoms with van der Waals surface area (Å²) in [5.41, 5.74) is 0. The maximum atomic E-state index is 9.58. The summed E-state index contributed by atoms with van der Waals surface area (Å²) in [5.74, 6) is 2.79. The molecule has 0 spiro atoms. The largest absolute Gasteiger partial charge is 0.394 e. The molecule has 2 rings (SSSR count). The Bertz CT molecular complexity index is 441. The Morgan fingerprint density at radius 3 is 2.95 bits per heavy atom. The Labute approximate surface area is 120 Å². The van der Waals surface area contributed by atoms with E-state index in [0.717, 1.165) is 24.6 Å². The van der Waals surface area contributed by atoms with E-state index in [9.17, 15) is 5.11 Å². The lowest BCUT2D eigenvalue weighted by Crippen LogP contribution is -2.36. The number of nitrogens with one attached hydrogen (secondary N) is 1. The van der Waals surface area contributed by atoms with Crippen LogP contribution in [-0.4, -0.2) is 47.9 Å². The minimum Gasteiger partial charge on any atom is -0.394 e. The Balaban J connectivity index is 2.25. The maximum Gasteiger partial charge on any atom is 0.158 e. The predicted octanol–water partition coefficient (Wildman–Crippen LogP) is 1.26. The van der Waals surface area contributed by atoms with E-state index >= 15 is 0 Å². The molecular formula is C14H24N4O2. The third-order valence-electron chi connectivity index (χ3n) is 3.81. The molecular weight excluding hydrogens is 256 g/mol. The number of rotatable bonds is 6. The van der Waals surface area contributed by atoms with E-state index in [1.165, 1.54) is 0 Å². The third kappa shape index (κ3) is 3.19. The second kappa shape index (κ2) is 6.85. The summed E-state index contributed by atoms with van der Waals surface area (Å²) in [4.78, 5) is 11.1. The van der Waals surface area contributed by atoms with E-state index in [1.54, 1.807) is 0 Å². The Kier molecular flexibility index (Phi) is 5.14. The number of aliphatic hydroxyl groups excluding tert-OH is 1. The van der Waals surface area contributed by atoms with Gasteiger partial charge in [-0.25, -0.2) is 9.97 Å². The van der Waals surface area contributed by atoms with Crippen molar-refractivity contribution in [2.45, 2.75) is 32.9 Å². The molecule has 0 aromatic carbocycles. The van der Waals surface area contributed by atoms with Gasteiger partial charge in [0.05, 0.1) is 12.6 Å². The molecule has 0 aliphatic carbocycles. The zero-order chi connectivity index (χ0) is 14.5. The molecule has 2 heterocycles. The fourth-order valence-electron chi connectivity index (χ4n) is 2.59. The first-order valence-electron chi connectivity index (χ1n) is 7.20. The van der Waals surface area contributed by atoms with Crippen molar-refractivity contribution in [3.8, 4) is 0 Å². The lowest BCUT2D eigenvalue weighted by Gasteiger charge is -2.26. The van der Waals surface area contributed by atoms with Crippen molar-refractivity contribution in [1.82, 2.24) is 9.97 Å². The van der Waals surface area contributed by atoms with E-state index in [1.807, 2.05) is 20.0 Å². The van der Waals surface area contributed by atoms with Crippen LogP contribution in [-0.2, 0) is 11.3 Å². The van der Waals surface area contributed by atoms with Gasteiger partial charge in [0.15, 0.2) is 5.82 Å². The van der Waals surface area contributed by atoms with Gasteiger partial charge in [0.25, 0.3) is 0 Å². The van der Waals surface area contributed by atoms with Crippen LogP contribution in [0.1, 0.15) is 26.1 Å². The average molecular weight is 280 g/mol. The highest BCUT2D eigenvalue weighted by Crippen LogP contribution is 2.29. The van der Waals surface area contributed by atoms with Crippen LogP contribution in [0.2, 0.25) is 0 Å².